The minimum atomic E-state index is -2.86. The Morgan fingerprint density at radius 2 is 2.24 bits per heavy atom. The summed E-state index contributed by atoms with van der Waals surface area (Å²) in [5, 5.41) is 0. The Morgan fingerprint density at radius 3 is 2.95 bits per heavy atom. The largest absolute Gasteiger partial charge is 0.461 e. The van der Waals surface area contributed by atoms with Crippen molar-refractivity contribution in [2.24, 2.45) is 0 Å². The van der Waals surface area contributed by atoms with Crippen LogP contribution in [0.1, 0.15) is 28.8 Å². The van der Waals surface area contributed by atoms with Gasteiger partial charge in [-0.1, -0.05) is 12.1 Å². The lowest BCUT2D eigenvalue weighted by atomic mass is 10.1. The van der Waals surface area contributed by atoms with Gasteiger partial charge < -0.3 is 14.5 Å². The lowest BCUT2D eigenvalue weighted by Gasteiger charge is -2.05. The van der Waals surface area contributed by atoms with Crippen molar-refractivity contribution in [3.63, 3.8) is 0 Å². The molecule has 5 nitrogen and oxygen atoms in total. The highest BCUT2D eigenvalue weighted by Crippen LogP contribution is 2.17. The number of aromatic amines is 1. The van der Waals surface area contributed by atoms with E-state index in [1.54, 1.807) is 19.1 Å². The Bertz CT molecular complexity index is 614. The molecule has 0 aliphatic rings. The van der Waals surface area contributed by atoms with Gasteiger partial charge >= 0.3 is 12.6 Å². The molecule has 0 saturated carbocycles. The molecule has 21 heavy (non-hydrogen) atoms. The van der Waals surface area contributed by atoms with Gasteiger partial charge in [0.05, 0.1) is 12.8 Å². The average molecular weight is 296 g/mol. The zero-order valence-corrected chi connectivity index (χ0v) is 11.3. The number of ether oxygens (including phenoxy) is 2. The molecular weight excluding hydrogens is 282 g/mol. The molecule has 0 saturated heterocycles. The third-order valence-corrected chi connectivity index (χ3v) is 2.62. The first kappa shape index (κ1) is 15.0. The first-order chi connectivity index (χ1) is 10.1. The summed E-state index contributed by atoms with van der Waals surface area (Å²) < 4.78 is 33.5. The normalized spacial score (nSPS) is 10.7. The van der Waals surface area contributed by atoms with Gasteiger partial charge in [-0.2, -0.15) is 8.78 Å². The van der Waals surface area contributed by atoms with Crippen molar-refractivity contribution < 1.29 is 23.0 Å². The van der Waals surface area contributed by atoms with Crippen LogP contribution in [0.4, 0.5) is 8.78 Å². The number of hydrogen-bond acceptors (Lipinski definition) is 4. The highest BCUT2D eigenvalue weighted by molar-refractivity contribution is 5.86. The van der Waals surface area contributed by atoms with Crippen molar-refractivity contribution in [1.29, 1.82) is 0 Å². The summed E-state index contributed by atoms with van der Waals surface area (Å²) in [7, 11) is 0. The average Bonchev–Trinajstić information content (AvgIpc) is 2.87. The Labute approximate surface area is 119 Å². The lowest BCUT2D eigenvalue weighted by molar-refractivity contribution is -0.0498. The molecule has 0 bridgehead atoms. The van der Waals surface area contributed by atoms with Gasteiger partial charge in [0.15, 0.2) is 0 Å². The van der Waals surface area contributed by atoms with Crippen LogP contribution < -0.4 is 4.74 Å². The molecule has 0 fully saturated rings. The number of imidazole rings is 1. The standard InChI is InChI=1S/C14H14F2N2O3/c1-2-20-13(19)11-8-17-12(18-11)7-9-4-3-5-10(6-9)21-14(15)16/h3-6,8,14H,2,7H2,1H3,(H,17,18). The molecule has 2 rings (SSSR count). The molecule has 0 aliphatic carbocycles. The molecule has 7 heteroatoms. The Hall–Kier alpha value is -2.44. The van der Waals surface area contributed by atoms with Crippen LogP contribution in [0.3, 0.4) is 0 Å². The van der Waals surface area contributed by atoms with E-state index in [0.29, 0.717) is 12.2 Å². The van der Waals surface area contributed by atoms with Gasteiger partial charge in [0.1, 0.15) is 17.3 Å². The molecule has 0 radical (unpaired) electrons. The van der Waals surface area contributed by atoms with E-state index in [1.807, 2.05) is 0 Å². The van der Waals surface area contributed by atoms with E-state index in [-0.39, 0.29) is 18.1 Å². The minimum Gasteiger partial charge on any atom is -0.461 e. The second kappa shape index (κ2) is 6.83. The second-order valence-corrected chi connectivity index (χ2v) is 4.17. The number of aromatic nitrogens is 2. The van der Waals surface area contributed by atoms with Gasteiger partial charge in [0.25, 0.3) is 0 Å². The maximum Gasteiger partial charge on any atom is 0.387 e. The molecule has 112 valence electrons. The monoisotopic (exact) mass is 296 g/mol. The molecule has 1 heterocycles. The van der Waals surface area contributed by atoms with Crippen molar-refractivity contribution in [3.8, 4) is 5.75 Å². The van der Waals surface area contributed by atoms with Gasteiger partial charge in [0, 0.05) is 6.42 Å². The molecular formula is C14H14F2N2O3. The van der Waals surface area contributed by atoms with Crippen LogP contribution in [0.25, 0.3) is 0 Å². The first-order valence-corrected chi connectivity index (χ1v) is 6.33. The Balaban J connectivity index is 2.06. The fourth-order valence-corrected chi connectivity index (χ4v) is 1.79. The van der Waals surface area contributed by atoms with Crippen LogP contribution in [0.2, 0.25) is 0 Å². The van der Waals surface area contributed by atoms with Crippen molar-refractivity contribution in [3.05, 3.63) is 47.5 Å². The van der Waals surface area contributed by atoms with Gasteiger partial charge in [0.2, 0.25) is 0 Å². The van der Waals surface area contributed by atoms with Gasteiger partial charge in [-0.25, -0.2) is 9.78 Å². The third kappa shape index (κ3) is 4.27. The topological polar surface area (TPSA) is 64.2 Å². The van der Waals surface area contributed by atoms with Crippen LogP contribution in [-0.2, 0) is 11.2 Å². The summed E-state index contributed by atoms with van der Waals surface area (Å²) in [6.07, 6.45) is 1.74. The van der Waals surface area contributed by atoms with E-state index >= 15 is 0 Å². The van der Waals surface area contributed by atoms with Crippen LogP contribution in [-0.4, -0.2) is 29.2 Å². The number of hydrogen-bond donors (Lipinski definition) is 1. The van der Waals surface area contributed by atoms with E-state index in [2.05, 4.69) is 14.7 Å². The smallest absolute Gasteiger partial charge is 0.387 e. The highest BCUT2D eigenvalue weighted by Gasteiger charge is 2.11. The number of nitrogens with zero attached hydrogens (tertiary/aromatic N) is 1. The molecule has 0 unspecified atom stereocenters. The van der Waals surface area contributed by atoms with Crippen molar-refractivity contribution >= 4 is 5.97 Å². The summed E-state index contributed by atoms with van der Waals surface area (Å²) >= 11 is 0. The van der Waals surface area contributed by atoms with Crippen molar-refractivity contribution in [1.82, 2.24) is 9.97 Å². The number of nitrogens with one attached hydrogen (secondary N) is 1. The number of carbonyl (C=O) groups is 1. The molecule has 1 aromatic heterocycles. The third-order valence-electron chi connectivity index (χ3n) is 2.62. The molecule has 0 spiro atoms. The zero-order chi connectivity index (χ0) is 15.2. The van der Waals surface area contributed by atoms with E-state index in [0.717, 1.165) is 5.56 Å². The number of esters is 1. The molecule has 1 N–H and O–H groups in total. The van der Waals surface area contributed by atoms with Gasteiger partial charge in [-0.15, -0.1) is 0 Å². The second-order valence-electron chi connectivity index (χ2n) is 4.17. The number of alkyl halides is 2. The van der Waals surface area contributed by atoms with E-state index < -0.39 is 12.6 Å². The highest BCUT2D eigenvalue weighted by atomic mass is 19.3. The van der Waals surface area contributed by atoms with Crippen molar-refractivity contribution in [2.75, 3.05) is 6.61 Å². The van der Waals surface area contributed by atoms with Crippen LogP contribution in [0.15, 0.2) is 30.5 Å². The molecule has 1 aromatic carbocycles. The predicted octanol–water partition coefficient (Wildman–Crippen LogP) is 2.78. The number of halogens is 2. The lowest BCUT2D eigenvalue weighted by Crippen LogP contribution is -2.05. The molecule has 0 amide bonds. The van der Waals surface area contributed by atoms with Gasteiger partial charge in [-0.3, -0.25) is 0 Å². The predicted molar refractivity (Wildman–Crippen MR) is 70.4 cm³/mol. The quantitative estimate of drug-likeness (QED) is 0.833. The van der Waals surface area contributed by atoms with E-state index in [1.165, 1.54) is 18.3 Å². The van der Waals surface area contributed by atoms with Crippen LogP contribution >= 0.6 is 0 Å². The fraction of sp³-hybridized carbons (Fsp3) is 0.286. The maximum absolute atomic E-state index is 12.2. The van der Waals surface area contributed by atoms with Crippen LogP contribution in [0, 0.1) is 0 Å². The summed E-state index contributed by atoms with van der Waals surface area (Å²) in [6.45, 7) is -0.872. The number of carbonyl (C=O) groups excluding carboxylic acids is 1. The summed E-state index contributed by atoms with van der Waals surface area (Å²) in [5.41, 5.74) is 0.991. The fourth-order valence-electron chi connectivity index (χ4n) is 1.79. The maximum atomic E-state index is 12.2. The zero-order valence-electron chi connectivity index (χ0n) is 11.3. The molecule has 0 aliphatic heterocycles. The first-order valence-electron chi connectivity index (χ1n) is 6.33. The Morgan fingerprint density at radius 1 is 1.43 bits per heavy atom. The Kier molecular flexibility index (Phi) is 4.86. The van der Waals surface area contributed by atoms with E-state index in [9.17, 15) is 13.6 Å². The summed E-state index contributed by atoms with van der Waals surface area (Å²) in [6, 6.07) is 6.31. The van der Waals surface area contributed by atoms with Crippen LogP contribution in [0.5, 0.6) is 5.75 Å². The minimum absolute atomic E-state index is 0.0830. The SMILES string of the molecule is CCOC(=O)c1cnc(Cc2cccc(OC(F)F)c2)[nH]1. The molecule has 0 atom stereocenters. The number of benzene rings is 1. The summed E-state index contributed by atoms with van der Waals surface area (Å²) in [5.74, 6) is 0.137. The molecule has 2 aromatic rings. The van der Waals surface area contributed by atoms with E-state index in [4.69, 9.17) is 4.74 Å². The van der Waals surface area contributed by atoms with Gasteiger partial charge in [-0.05, 0) is 24.6 Å². The number of H-pyrrole nitrogens is 1. The number of rotatable bonds is 6. The summed E-state index contributed by atoms with van der Waals surface area (Å²) in [4.78, 5) is 18.4. The van der Waals surface area contributed by atoms with Crippen molar-refractivity contribution in [2.45, 2.75) is 20.0 Å².